The van der Waals surface area contributed by atoms with E-state index in [9.17, 15) is 22.8 Å². The minimum absolute atomic E-state index is 0.119. The van der Waals surface area contributed by atoms with Crippen LogP contribution in [0.15, 0.2) is 65.6 Å². The molecule has 0 aliphatic heterocycles. The monoisotopic (exact) mass is 508 g/mol. The van der Waals surface area contributed by atoms with E-state index < -0.39 is 17.6 Å². The van der Waals surface area contributed by atoms with Gasteiger partial charge in [-0.15, -0.1) is 0 Å². The molecule has 2 aromatic carbocycles. The molecule has 4 aromatic rings. The number of carbonyl (C=O) groups is 1. The van der Waals surface area contributed by atoms with Crippen molar-refractivity contribution in [2.75, 3.05) is 11.9 Å². The van der Waals surface area contributed by atoms with Gasteiger partial charge in [0.1, 0.15) is 0 Å². The van der Waals surface area contributed by atoms with E-state index in [2.05, 4.69) is 10.3 Å². The Bertz CT molecular complexity index is 1530. The van der Waals surface area contributed by atoms with E-state index in [1.54, 1.807) is 42.1 Å². The number of fused-ring (bicyclic) bond motifs is 1. The standard InChI is InChI=1S/C28H27F3N4O2/c1-17-9-10-22(34-26(36)18-6-5-7-20(12-18)28(29,30)31)14-23(17)24-13-19-16-33-21(8-3-4-11-32)15-25(19)35(2)27(24)37/h5-7,9-10,12-16H,3-4,8,11,32H2,1-2H3,(H,34,36). The summed E-state index contributed by atoms with van der Waals surface area (Å²) in [7, 11) is 1.70. The minimum atomic E-state index is -4.55. The smallest absolute Gasteiger partial charge is 0.330 e. The number of hydrogen-bond acceptors (Lipinski definition) is 4. The van der Waals surface area contributed by atoms with Crippen molar-refractivity contribution in [3.05, 3.63) is 93.5 Å². The van der Waals surface area contributed by atoms with Gasteiger partial charge in [0.05, 0.1) is 11.1 Å². The third-order valence-corrected chi connectivity index (χ3v) is 6.29. The molecule has 0 spiro atoms. The highest BCUT2D eigenvalue weighted by molar-refractivity contribution is 6.04. The van der Waals surface area contributed by atoms with Crippen LogP contribution in [0.3, 0.4) is 0 Å². The number of carbonyl (C=O) groups excluding carboxylic acids is 1. The van der Waals surface area contributed by atoms with Crippen molar-refractivity contribution in [2.24, 2.45) is 12.8 Å². The number of amides is 1. The second-order valence-electron chi connectivity index (χ2n) is 8.96. The van der Waals surface area contributed by atoms with Crippen molar-refractivity contribution in [1.82, 2.24) is 9.55 Å². The van der Waals surface area contributed by atoms with Gasteiger partial charge in [-0.25, -0.2) is 0 Å². The van der Waals surface area contributed by atoms with Gasteiger partial charge in [-0.05, 0) is 86.3 Å². The topological polar surface area (TPSA) is 90.0 Å². The molecule has 6 nitrogen and oxygen atoms in total. The molecule has 0 bridgehead atoms. The van der Waals surface area contributed by atoms with Gasteiger partial charge in [-0.1, -0.05) is 12.1 Å². The second-order valence-corrected chi connectivity index (χ2v) is 8.96. The Hall–Kier alpha value is -3.98. The minimum Gasteiger partial charge on any atom is -0.330 e. The van der Waals surface area contributed by atoms with Crippen LogP contribution in [0.4, 0.5) is 18.9 Å². The maximum absolute atomic E-state index is 13.3. The number of halogens is 3. The lowest BCUT2D eigenvalue weighted by Gasteiger charge is -2.14. The van der Waals surface area contributed by atoms with E-state index >= 15 is 0 Å². The molecule has 0 aliphatic rings. The van der Waals surface area contributed by atoms with Crippen LogP contribution in [0, 0.1) is 6.92 Å². The van der Waals surface area contributed by atoms with Crippen LogP contribution in [0.2, 0.25) is 0 Å². The molecule has 0 radical (unpaired) electrons. The van der Waals surface area contributed by atoms with Crippen molar-refractivity contribution < 1.29 is 18.0 Å². The first kappa shape index (κ1) is 26.1. The summed E-state index contributed by atoms with van der Waals surface area (Å²) in [6, 6.07) is 13.0. The predicted molar refractivity (Wildman–Crippen MR) is 139 cm³/mol. The molecule has 2 aromatic heterocycles. The molecule has 0 aliphatic carbocycles. The van der Waals surface area contributed by atoms with Crippen LogP contribution >= 0.6 is 0 Å². The molecule has 0 atom stereocenters. The fourth-order valence-electron chi connectivity index (χ4n) is 4.22. The summed E-state index contributed by atoms with van der Waals surface area (Å²) in [5.74, 6) is -0.682. The summed E-state index contributed by atoms with van der Waals surface area (Å²) in [5, 5.41) is 3.43. The van der Waals surface area contributed by atoms with Crippen LogP contribution in [0.1, 0.15) is 40.0 Å². The fourth-order valence-corrected chi connectivity index (χ4v) is 4.22. The van der Waals surface area contributed by atoms with Gasteiger partial charge in [0.15, 0.2) is 0 Å². The number of rotatable bonds is 7. The molecule has 9 heteroatoms. The summed E-state index contributed by atoms with van der Waals surface area (Å²) < 4.78 is 40.7. The molecule has 0 unspecified atom stereocenters. The van der Waals surface area contributed by atoms with Gasteiger partial charge < -0.3 is 15.6 Å². The first-order valence-corrected chi connectivity index (χ1v) is 11.9. The highest BCUT2D eigenvalue weighted by Gasteiger charge is 2.31. The van der Waals surface area contributed by atoms with Crippen molar-refractivity contribution in [3.63, 3.8) is 0 Å². The highest BCUT2D eigenvalue weighted by Crippen LogP contribution is 2.30. The van der Waals surface area contributed by atoms with Crippen LogP contribution in [-0.4, -0.2) is 22.0 Å². The van der Waals surface area contributed by atoms with E-state index in [4.69, 9.17) is 5.73 Å². The van der Waals surface area contributed by atoms with Crippen molar-refractivity contribution in [3.8, 4) is 11.1 Å². The Balaban J connectivity index is 1.67. The SMILES string of the molecule is Cc1ccc(NC(=O)c2cccc(C(F)(F)F)c2)cc1-c1cc2cnc(CCCCN)cc2n(C)c1=O. The van der Waals surface area contributed by atoms with Gasteiger partial charge in [-0.2, -0.15) is 13.2 Å². The lowest BCUT2D eigenvalue weighted by molar-refractivity contribution is -0.137. The van der Waals surface area contributed by atoms with E-state index in [0.717, 1.165) is 53.6 Å². The van der Waals surface area contributed by atoms with Crippen LogP contribution < -0.4 is 16.6 Å². The molecule has 2 heterocycles. The number of hydrogen-bond donors (Lipinski definition) is 2. The number of nitrogens with zero attached hydrogens (tertiary/aromatic N) is 2. The Morgan fingerprint density at radius 2 is 1.84 bits per heavy atom. The average molecular weight is 509 g/mol. The van der Waals surface area contributed by atoms with E-state index in [0.29, 0.717) is 23.4 Å². The Labute approximate surface area is 212 Å². The second kappa shape index (κ2) is 10.6. The molecule has 192 valence electrons. The number of alkyl halides is 3. The van der Waals surface area contributed by atoms with Crippen molar-refractivity contribution in [1.29, 1.82) is 0 Å². The van der Waals surface area contributed by atoms with Crippen molar-refractivity contribution in [2.45, 2.75) is 32.4 Å². The third-order valence-electron chi connectivity index (χ3n) is 6.29. The number of aromatic nitrogens is 2. The van der Waals surface area contributed by atoms with Gasteiger partial charge in [0.2, 0.25) is 0 Å². The zero-order valence-electron chi connectivity index (χ0n) is 20.5. The Kier molecular flexibility index (Phi) is 7.45. The first-order valence-electron chi connectivity index (χ1n) is 11.9. The number of anilines is 1. The van der Waals surface area contributed by atoms with E-state index in [-0.39, 0.29) is 11.1 Å². The molecular weight excluding hydrogens is 481 g/mol. The fraction of sp³-hybridized carbons (Fsp3) is 0.250. The maximum atomic E-state index is 13.3. The van der Waals surface area contributed by atoms with E-state index in [1.807, 2.05) is 13.0 Å². The summed E-state index contributed by atoms with van der Waals surface area (Å²) >= 11 is 0. The normalized spacial score (nSPS) is 11.6. The molecule has 3 N–H and O–H groups in total. The lowest BCUT2D eigenvalue weighted by atomic mass is 9.99. The van der Waals surface area contributed by atoms with Crippen LogP contribution in [0.5, 0.6) is 0 Å². The molecule has 1 amide bonds. The van der Waals surface area contributed by atoms with Crippen LogP contribution in [0.25, 0.3) is 22.0 Å². The largest absolute Gasteiger partial charge is 0.416 e. The molecule has 0 saturated carbocycles. The number of nitrogens with one attached hydrogen (secondary N) is 1. The maximum Gasteiger partial charge on any atom is 0.416 e. The summed E-state index contributed by atoms with van der Waals surface area (Å²) in [6.45, 7) is 2.46. The molecule has 37 heavy (non-hydrogen) atoms. The van der Waals surface area contributed by atoms with Crippen molar-refractivity contribution >= 4 is 22.5 Å². The highest BCUT2D eigenvalue weighted by atomic mass is 19.4. The quantitative estimate of drug-likeness (QED) is 0.325. The zero-order chi connectivity index (χ0) is 26.7. The summed E-state index contributed by atoms with van der Waals surface area (Å²) in [4.78, 5) is 30.5. The lowest BCUT2D eigenvalue weighted by Crippen LogP contribution is -2.20. The number of nitrogens with two attached hydrogens (primary N) is 1. The summed E-state index contributed by atoms with van der Waals surface area (Å²) in [5.41, 5.74) is 8.19. The van der Waals surface area contributed by atoms with Gasteiger partial charge in [0.25, 0.3) is 11.5 Å². The molecule has 0 saturated heterocycles. The summed E-state index contributed by atoms with van der Waals surface area (Å²) in [6.07, 6.45) is -0.221. The predicted octanol–water partition coefficient (Wildman–Crippen LogP) is 5.46. The number of aryl methyl sites for hydroxylation is 3. The number of unbranched alkanes of at least 4 members (excludes halogenated alkanes) is 1. The van der Waals surface area contributed by atoms with Gasteiger partial charge >= 0.3 is 6.18 Å². The molecular formula is C28H27F3N4O2. The van der Waals surface area contributed by atoms with Gasteiger partial charge in [-0.3, -0.25) is 14.6 Å². The Morgan fingerprint density at radius 3 is 2.57 bits per heavy atom. The average Bonchev–Trinajstić information content (AvgIpc) is 2.87. The van der Waals surface area contributed by atoms with Gasteiger partial charge in [0, 0.05) is 41.1 Å². The molecule has 0 fully saturated rings. The number of benzene rings is 2. The Morgan fingerprint density at radius 1 is 1.05 bits per heavy atom. The van der Waals surface area contributed by atoms with E-state index in [1.165, 1.54) is 12.1 Å². The number of pyridine rings is 2. The third kappa shape index (κ3) is 5.72. The first-order chi connectivity index (χ1) is 17.6. The zero-order valence-corrected chi connectivity index (χ0v) is 20.5. The molecule has 4 rings (SSSR count). The van der Waals surface area contributed by atoms with Crippen LogP contribution in [-0.2, 0) is 19.6 Å².